The third-order valence-electron chi connectivity index (χ3n) is 2.91. The molecule has 0 aliphatic heterocycles. The molecule has 0 aliphatic carbocycles. The molecule has 0 spiro atoms. The molecule has 0 fully saturated rings. The molecule has 4 heteroatoms. The number of carbonyl (C=O) groups is 1. The molecule has 0 atom stereocenters. The first kappa shape index (κ1) is 15.5. The monoisotopic (exact) mass is 263 g/mol. The number of likely N-dealkylation sites (N-methyl/N-ethyl adjacent to an activating group) is 1. The lowest BCUT2D eigenvalue weighted by Crippen LogP contribution is -2.34. The van der Waals surface area contributed by atoms with Crippen molar-refractivity contribution in [2.45, 2.75) is 19.8 Å². The van der Waals surface area contributed by atoms with E-state index in [1.54, 1.807) is 0 Å². The molecule has 1 aromatic carbocycles. The van der Waals surface area contributed by atoms with Gasteiger partial charge in [0.05, 0.1) is 6.54 Å². The third kappa shape index (κ3) is 6.25. The van der Waals surface area contributed by atoms with Gasteiger partial charge in [-0.3, -0.25) is 4.79 Å². The van der Waals surface area contributed by atoms with Crippen LogP contribution in [0.2, 0.25) is 0 Å². The second-order valence-corrected chi connectivity index (χ2v) is 5.28. The van der Waals surface area contributed by atoms with Crippen LogP contribution in [-0.2, 0) is 4.79 Å². The molecule has 0 aliphatic rings. The Morgan fingerprint density at radius 2 is 1.84 bits per heavy atom. The molecular weight excluding hydrogens is 238 g/mol. The number of benzene rings is 1. The molecule has 0 saturated carbocycles. The van der Waals surface area contributed by atoms with Crippen LogP contribution in [0.5, 0.6) is 0 Å². The van der Waals surface area contributed by atoms with Crippen LogP contribution in [0.15, 0.2) is 24.3 Å². The first-order valence-corrected chi connectivity index (χ1v) is 6.74. The van der Waals surface area contributed by atoms with E-state index in [4.69, 9.17) is 0 Å². The van der Waals surface area contributed by atoms with Gasteiger partial charge in [0.2, 0.25) is 5.91 Å². The topological polar surface area (TPSA) is 44.4 Å². The maximum Gasteiger partial charge on any atom is 0.239 e. The highest BCUT2D eigenvalue weighted by molar-refractivity contribution is 5.80. The number of nitrogens with zero attached hydrogens (tertiary/aromatic N) is 1. The van der Waals surface area contributed by atoms with Crippen molar-refractivity contribution >= 4 is 11.6 Å². The summed E-state index contributed by atoms with van der Waals surface area (Å²) in [5.74, 6) is 0.554. The maximum atomic E-state index is 11.6. The standard InChI is InChI=1S/C15H25N3O/c1-12(2)13-5-7-14(8-6-13)17-11-15(19)16-9-10-18(3)4/h5-8,12,17H,9-11H2,1-4H3,(H,16,19). The fourth-order valence-corrected chi connectivity index (χ4v) is 1.65. The lowest BCUT2D eigenvalue weighted by molar-refractivity contribution is -0.119. The Morgan fingerprint density at radius 1 is 1.21 bits per heavy atom. The zero-order valence-electron chi connectivity index (χ0n) is 12.4. The number of nitrogens with one attached hydrogen (secondary N) is 2. The SMILES string of the molecule is CC(C)c1ccc(NCC(=O)NCCN(C)C)cc1. The lowest BCUT2D eigenvalue weighted by atomic mass is 10.0. The first-order valence-electron chi connectivity index (χ1n) is 6.74. The minimum Gasteiger partial charge on any atom is -0.376 e. The molecule has 0 unspecified atom stereocenters. The Balaban J connectivity index is 2.30. The van der Waals surface area contributed by atoms with Crippen LogP contribution in [0.4, 0.5) is 5.69 Å². The predicted molar refractivity (Wildman–Crippen MR) is 80.6 cm³/mol. The van der Waals surface area contributed by atoms with Crippen molar-refractivity contribution in [3.8, 4) is 0 Å². The van der Waals surface area contributed by atoms with E-state index in [0.29, 0.717) is 19.0 Å². The molecule has 0 aromatic heterocycles. The van der Waals surface area contributed by atoms with Gasteiger partial charge in [-0.05, 0) is 37.7 Å². The lowest BCUT2D eigenvalue weighted by Gasteiger charge is -2.12. The van der Waals surface area contributed by atoms with E-state index in [1.807, 2.05) is 31.1 Å². The number of rotatable bonds is 7. The zero-order valence-corrected chi connectivity index (χ0v) is 12.4. The second kappa shape index (κ2) is 7.79. The van der Waals surface area contributed by atoms with E-state index < -0.39 is 0 Å². The summed E-state index contributed by atoms with van der Waals surface area (Å²) in [7, 11) is 3.97. The van der Waals surface area contributed by atoms with E-state index in [-0.39, 0.29) is 5.91 Å². The van der Waals surface area contributed by atoms with Crippen molar-refractivity contribution in [2.75, 3.05) is 39.0 Å². The Kier molecular flexibility index (Phi) is 6.36. The number of carbonyl (C=O) groups excluding carboxylic acids is 1. The van der Waals surface area contributed by atoms with Gasteiger partial charge in [0.15, 0.2) is 0 Å². The van der Waals surface area contributed by atoms with Crippen molar-refractivity contribution in [3.63, 3.8) is 0 Å². The fourth-order valence-electron chi connectivity index (χ4n) is 1.65. The zero-order chi connectivity index (χ0) is 14.3. The third-order valence-corrected chi connectivity index (χ3v) is 2.91. The highest BCUT2D eigenvalue weighted by Crippen LogP contribution is 2.16. The van der Waals surface area contributed by atoms with Crippen LogP contribution < -0.4 is 10.6 Å². The summed E-state index contributed by atoms with van der Waals surface area (Å²) < 4.78 is 0. The van der Waals surface area contributed by atoms with E-state index in [2.05, 4.69) is 36.6 Å². The predicted octanol–water partition coefficient (Wildman–Crippen LogP) is 1.90. The van der Waals surface area contributed by atoms with Gasteiger partial charge in [-0.15, -0.1) is 0 Å². The van der Waals surface area contributed by atoms with E-state index in [9.17, 15) is 4.79 Å². The van der Waals surface area contributed by atoms with Crippen LogP contribution in [0.1, 0.15) is 25.3 Å². The van der Waals surface area contributed by atoms with Crippen molar-refractivity contribution in [1.82, 2.24) is 10.2 Å². The minimum atomic E-state index is 0.0230. The quantitative estimate of drug-likeness (QED) is 0.789. The molecule has 4 nitrogen and oxygen atoms in total. The van der Waals surface area contributed by atoms with Crippen molar-refractivity contribution in [3.05, 3.63) is 29.8 Å². The number of anilines is 1. The fraction of sp³-hybridized carbons (Fsp3) is 0.533. The van der Waals surface area contributed by atoms with Gasteiger partial charge in [0.1, 0.15) is 0 Å². The Bertz CT molecular complexity index is 385. The van der Waals surface area contributed by atoms with Crippen LogP contribution in [0.25, 0.3) is 0 Å². The Labute approximate surface area is 116 Å². The Hall–Kier alpha value is -1.55. The van der Waals surface area contributed by atoms with Gasteiger partial charge >= 0.3 is 0 Å². The highest BCUT2D eigenvalue weighted by atomic mass is 16.1. The van der Waals surface area contributed by atoms with E-state index in [0.717, 1.165) is 12.2 Å². The molecule has 0 heterocycles. The molecule has 19 heavy (non-hydrogen) atoms. The van der Waals surface area contributed by atoms with Gasteiger partial charge < -0.3 is 15.5 Å². The summed E-state index contributed by atoms with van der Waals surface area (Å²) in [6.45, 7) is 6.18. The summed E-state index contributed by atoms with van der Waals surface area (Å²) in [6, 6.07) is 8.22. The summed E-state index contributed by atoms with van der Waals surface area (Å²) in [5.41, 5.74) is 2.29. The molecule has 1 rings (SSSR count). The summed E-state index contributed by atoms with van der Waals surface area (Å²) >= 11 is 0. The van der Waals surface area contributed by atoms with Crippen LogP contribution in [-0.4, -0.2) is 44.5 Å². The van der Waals surface area contributed by atoms with Crippen LogP contribution in [0, 0.1) is 0 Å². The molecule has 0 bridgehead atoms. The molecule has 0 radical (unpaired) electrons. The van der Waals surface area contributed by atoms with Crippen LogP contribution in [0.3, 0.4) is 0 Å². The molecule has 0 saturated heterocycles. The molecular formula is C15H25N3O. The van der Waals surface area contributed by atoms with Gasteiger partial charge in [0.25, 0.3) is 0 Å². The maximum absolute atomic E-state index is 11.6. The van der Waals surface area contributed by atoms with Gasteiger partial charge in [-0.25, -0.2) is 0 Å². The average Bonchev–Trinajstić information content (AvgIpc) is 2.36. The first-order chi connectivity index (χ1) is 8.99. The summed E-state index contributed by atoms with van der Waals surface area (Å²) in [5, 5.41) is 5.99. The van der Waals surface area contributed by atoms with E-state index >= 15 is 0 Å². The van der Waals surface area contributed by atoms with Crippen molar-refractivity contribution in [2.24, 2.45) is 0 Å². The number of amides is 1. The van der Waals surface area contributed by atoms with E-state index in [1.165, 1.54) is 5.56 Å². The van der Waals surface area contributed by atoms with Gasteiger partial charge in [-0.1, -0.05) is 26.0 Å². The normalized spacial score (nSPS) is 10.8. The largest absolute Gasteiger partial charge is 0.376 e. The molecule has 2 N–H and O–H groups in total. The Morgan fingerprint density at radius 3 is 2.37 bits per heavy atom. The molecule has 1 aromatic rings. The minimum absolute atomic E-state index is 0.0230. The van der Waals surface area contributed by atoms with Crippen LogP contribution >= 0.6 is 0 Å². The smallest absolute Gasteiger partial charge is 0.239 e. The average molecular weight is 263 g/mol. The highest BCUT2D eigenvalue weighted by Gasteiger charge is 2.02. The number of hydrogen-bond acceptors (Lipinski definition) is 3. The molecule has 106 valence electrons. The number of hydrogen-bond donors (Lipinski definition) is 2. The van der Waals surface area contributed by atoms with Crippen molar-refractivity contribution < 1.29 is 4.79 Å². The second-order valence-electron chi connectivity index (χ2n) is 5.28. The summed E-state index contributed by atoms with van der Waals surface area (Å²) in [6.07, 6.45) is 0. The van der Waals surface area contributed by atoms with Crippen molar-refractivity contribution in [1.29, 1.82) is 0 Å². The van der Waals surface area contributed by atoms with Gasteiger partial charge in [-0.2, -0.15) is 0 Å². The molecule has 1 amide bonds. The van der Waals surface area contributed by atoms with Gasteiger partial charge in [0, 0.05) is 18.8 Å². The summed E-state index contributed by atoms with van der Waals surface area (Å²) in [4.78, 5) is 13.6.